The molecule has 0 unspecified atom stereocenters. The molecule has 0 bridgehead atoms. The molecule has 8 nitrogen and oxygen atoms in total. The molecule has 0 aliphatic heterocycles. The van der Waals surface area contributed by atoms with Crippen molar-refractivity contribution >= 4 is 17.4 Å². The highest BCUT2D eigenvalue weighted by atomic mass is 16.3. The summed E-state index contributed by atoms with van der Waals surface area (Å²) in [5, 5.41) is 17.1. The molecule has 0 spiro atoms. The van der Waals surface area contributed by atoms with Crippen LogP contribution in [0, 0.1) is 5.41 Å². The van der Waals surface area contributed by atoms with E-state index in [1.54, 1.807) is 0 Å². The lowest BCUT2D eigenvalue weighted by molar-refractivity contribution is 0.0944. The number of nitrogens with two attached hydrogens (primary N) is 1. The van der Waals surface area contributed by atoms with Gasteiger partial charge in [0.15, 0.2) is 5.56 Å². The van der Waals surface area contributed by atoms with E-state index in [2.05, 4.69) is 10.4 Å². The molecule has 1 aliphatic carbocycles. The van der Waals surface area contributed by atoms with Crippen LogP contribution in [0.5, 0.6) is 5.88 Å². The van der Waals surface area contributed by atoms with Gasteiger partial charge in [-0.3, -0.25) is 14.2 Å². The fraction of sp³-hybridized carbons (Fsp3) is 0.533. The highest BCUT2D eigenvalue weighted by Crippen LogP contribution is 2.24. The normalized spacial score (nSPS) is 15.1. The summed E-state index contributed by atoms with van der Waals surface area (Å²) in [6, 6.07) is 1.59. The predicted octanol–water partition coefficient (Wildman–Crippen LogP) is 0.722. The van der Waals surface area contributed by atoms with Crippen molar-refractivity contribution in [2.75, 3.05) is 5.73 Å². The second kappa shape index (κ2) is 5.00. The topological polar surface area (TPSA) is 115 Å². The van der Waals surface area contributed by atoms with Crippen molar-refractivity contribution in [3.8, 4) is 5.88 Å². The van der Waals surface area contributed by atoms with Crippen molar-refractivity contribution in [2.24, 2.45) is 5.41 Å². The summed E-state index contributed by atoms with van der Waals surface area (Å²) in [6.07, 6.45) is 1.78. The van der Waals surface area contributed by atoms with E-state index in [0.717, 1.165) is 17.4 Å². The molecule has 8 heteroatoms. The molecule has 124 valence electrons. The Hall–Kier alpha value is -2.51. The van der Waals surface area contributed by atoms with E-state index in [0.29, 0.717) is 12.2 Å². The molecule has 0 radical (unpaired) electrons. The van der Waals surface area contributed by atoms with Crippen molar-refractivity contribution < 1.29 is 9.90 Å². The first-order valence-corrected chi connectivity index (χ1v) is 7.59. The summed E-state index contributed by atoms with van der Waals surface area (Å²) in [6.45, 7) is 6.30. The third kappa shape index (κ3) is 2.88. The minimum Gasteiger partial charge on any atom is -0.492 e. The molecule has 1 fully saturated rings. The molecule has 23 heavy (non-hydrogen) atoms. The van der Waals surface area contributed by atoms with Gasteiger partial charge in [-0.15, -0.1) is 5.10 Å². The number of anilines is 1. The summed E-state index contributed by atoms with van der Waals surface area (Å²) >= 11 is 0. The van der Waals surface area contributed by atoms with Crippen LogP contribution >= 0.6 is 0 Å². The minimum atomic E-state index is -0.575. The zero-order valence-corrected chi connectivity index (χ0v) is 13.5. The highest BCUT2D eigenvalue weighted by molar-refractivity contribution is 5.96. The first-order valence-electron chi connectivity index (χ1n) is 7.59. The average molecular weight is 319 g/mol. The van der Waals surface area contributed by atoms with E-state index in [-0.39, 0.29) is 22.8 Å². The van der Waals surface area contributed by atoms with Gasteiger partial charge in [-0.05, 0) is 18.3 Å². The van der Waals surface area contributed by atoms with Crippen LogP contribution in [0.2, 0.25) is 0 Å². The van der Waals surface area contributed by atoms with Gasteiger partial charge >= 0.3 is 0 Å². The third-order valence-electron chi connectivity index (χ3n) is 3.64. The van der Waals surface area contributed by atoms with Crippen LogP contribution in [0.25, 0.3) is 5.65 Å². The number of aromatic hydroxyl groups is 1. The van der Waals surface area contributed by atoms with Gasteiger partial charge in [-0.2, -0.15) is 4.52 Å². The van der Waals surface area contributed by atoms with Crippen LogP contribution in [0.15, 0.2) is 10.9 Å². The molecule has 2 aromatic heterocycles. The summed E-state index contributed by atoms with van der Waals surface area (Å²) in [7, 11) is 0. The Bertz CT molecular complexity index is 839. The molecule has 4 N–H and O–H groups in total. The molecule has 0 saturated heterocycles. The molecule has 2 aromatic rings. The molecule has 1 aliphatic rings. The monoisotopic (exact) mass is 319 g/mol. The summed E-state index contributed by atoms with van der Waals surface area (Å²) in [5.74, 6) is -0.888. The summed E-state index contributed by atoms with van der Waals surface area (Å²) in [4.78, 5) is 25.1. The Morgan fingerprint density at radius 1 is 1.48 bits per heavy atom. The quantitative estimate of drug-likeness (QED) is 0.771. The van der Waals surface area contributed by atoms with Gasteiger partial charge in [0.1, 0.15) is 11.5 Å². The van der Waals surface area contributed by atoms with Gasteiger partial charge in [-0.1, -0.05) is 20.8 Å². The lowest BCUT2D eigenvalue weighted by atomic mass is 9.97. The Morgan fingerprint density at radius 3 is 2.70 bits per heavy atom. The van der Waals surface area contributed by atoms with Crippen molar-refractivity contribution in [3.63, 3.8) is 0 Å². The Morgan fingerprint density at radius 2 is 2.13 bits per heavy atom. The first kappa shape index (κ1) is 15.4. The van der Waals surface area contributed by atoms with Crippen LogP contribution in [-0.2, 0) is 6.54 Å². The average Bonchev–Trinajstić information content (AvgIpc) is 3.13. The number of amides is 1. The maximum absolute atomic E-state index is 12.8. The summed E-state index contributed by atoms with van der Waals surface area (Å²) < 4.78 is 2.58. The molecule has 0 atom stereocenters. The SMILES string of the molecule is CC(C)(C)Cn1c(=O)c(C(=O)NC2CC2)c(O)n2nc(N)cc12. The molecular formula is C15H21N5O3. The number of carbonyl (C=O) groups is 1. The third-order valence-corrected chi connectivity index (χ3v) is 3.64. The van der Waals surface area contributed by atoms with Crippen LogP contribution in [-0.4, -0.2) is 31.2 Å². The molecule has 0 aromatic carbocycles. The van der Waals surface area contributed by atoms with Crippen molar-refractivity contribution in [1.82, 2.24) is 19.5 Å². The van der Waals surface area contributed by atoms with Crippen molar-refractivity contribution in [1.29, 1.82) is 0 Å². The zero-order chi connectivity index (χ0) is 16.9. The number of hydrogen-bond acceptors (Lipinski definition) is 5. The standard InChI is InChI=1S/C15H21N5O3/c1-15(2,3)7-19-10-6-9(16)18-20(10)14(23)11(13(19)22)12(21)17-8-4-5-8/h6,8,23H,4-5,7H2,1-3H3,(H2,16,18)(H,17,21). The van der Waals surface area contributed by atoms with Crippen LogP contribution < -0.4 is 16.6 Å². The fourth-order valence-corrected chi connectivity index (χ4v) is 2.49. The van der Waals surface area contributed by atoms with E-state index in [9.17, 15) is 14.7 Å². The number of carbonyl (C=O) groups excluding carboxylic acids is 1. The highest BCUT2D eigenvalue weighted by Gasteiger charge is 2.30. The molecular weight excluding hydrogens is 298 g/mol. The molecule has 3 rings (SSSR count). The first-order chi connectivity index (χ1) is 10.7. The smallest absolute Gasteiger partial charge is 0.270 e. The second-order valence-corrected chi connectivity index (χ2v) is 7.24. The van der Waals surface area contributed by atoms with E-state index < -0.39 is 17.3 Å². The number of aromatic nitrogens is 3. The number of nitrogens with zero attached hydrogens (tertiary/aromatic N) is 3. The maximum atomic E-state index is 12.8. The molecule has 1 saturated carbocycles. The van der Waals surface area contributed by atoms with E-state index in [4.69, 9.17) is 5.73 Å². The number of fused-ring (bicyclic) bond motifs is 1. The maximum Gasteiger partial charge on any atom is 0.270 e. The van der Waals surface area contributed by atoms with E-state index >= 15 is 0 Å². The number of hydrogen-bond donors (Lipinski definition) is 3. The van der Waals surface area contributed by atoms with Gasteiger partial charge in [-0.25, -0.2) is 0 Å². The second-order valence-electron chi connectivity index (χ2n) is 7.24. The lowest BCUT2D eigenvalue weighted by Gasteiger charge is -2.21. The zero-order valence-electron chi connectivity index (χ0n) is 13.5. The number of rotatable bonds is 3. The van der Waals surface area contributed by atoms with Gasteiger partial charge in [0.05, 0.1) is 0 Å². The van der Waals surface area contributed by atoms with Crippen LogP contribution in [0.1, 0.15) is 44.0 Å². The lowest BCUT2D eigenvalue weighted by Crippen LogP contribution is -2.37. The van der Waals surface area contributed by atoms with E-state index in [1.807, 2.05) is 20.8 Å². The van der Waals surface area contributed by atoms with Gasteiger partial charge in [0.2, 0.25) is 5.88 Å². The molecule has 2 heterocycles. The van der Waals surface area contributed by atoms with Crippen LogP contribution in [0.4, 0.5) is 5.82 Å². The fourth-order valence-electron chi connectivity index (χ4n) is 2.49. The Kier molecular flexibility index (Phi) is 3.35. The minimum absolute atomic E-state index is 0.0794. The van der Waals surface area contributed by atoms with E-state index in [1.165, 1.54) is 10.6 Å². The molecule has 1 amide bonds. The van der Waals surface area contributed by atoms with Crippen molar-refractivity contribution in [3.05, 3.63) is 22.0 Å². The largest absolute Gasteiger partial charge is 0.492 e. The van der Waals surface area contributed by atoms with Crippen LogP contribution in [0.3, 0.4) is 0 Å². The van der Waals surface area contributed by atoms with Gasteiger partial charge < -0.3 is 16.2 Å². The number of nitrogen functional groups attached to an aromatic ring is 1. The Balaban J connectivity index is 2.22. The summed E-state index contributed by atoms with van der Waals surface area (Å²) in [5.41, 5.74) is 5.03. The van der Waals surface area contributed by atoms with Gasteiger partial charge in [0, 0.05) is 18.7 Å². The van der Waals surface area contributed by atoms with Gasteiger partial charge in [0.25, 0.3) is 11.5 Å². The Labute approximate surface area is 132 Å². The van der Waals surface area contributed by atoms with Crippen molar-refractivity contribution in [2.45, 2.75) is 46.2 Å². The number of nitrogens with one attached hydrogen (secondary N) is 1. The predicted molar refractivity (Wildman–Crippen MR) is 85.5 cm³/mol.